The van der Waals surface area contributed by atoms with Crippen LogP contribution in [0.3, 0.4) is 0 Å². The second-order valence-corrected chi connectivity index (χ2v) is 7.77. The van der Waals surface area contributed by atoms with Gasteiger partial charge in [-0.3, -0.25) is 0 Å². The van der Waals surface area contributed by atoms with Gasteiger partial charge in [0, 0.05) is 16.7 Å². The summed E-state index contributed by atoms with van der Waals surface area (Å²) in [6.45, 7) is 0. The third kappa shape index (κ3) is 4.42. The minimum Gasteiger partial charge on any atom is -0.456 e. The summed E-state index contributed by atoms with van der Waals surface area (Å²) in [6, 6.07) is 39.0. The van der Waals surface area contributed by atoms with Gasteiger partial charge in [0.2, 0.25) is 0 Å². The van der Waals surface area contributed by atoms with Crippen molar-refractivity contribution >= 4 is 17.1 Å². The molecular weight excluding hydrogens is 400 g/mol. The fourth-order valence-corrected chi connectivity index (χ4v) is 3.97. The molecule has 33 heavy (non-hydrogen) atoms. The molecule has 0 aromatic heterocycles. The largest absolute Gasteiger partial charge is 0.456 e. The summed E-state index contributed by atoms with van der Waals surface area (Å²) >= 11 is 0. The van der Waals surface area contributed by atoms with Crippen molar-refractivity contribution in [2.45, 2.75) is 0 Å². The Morgan fingerprint density at radius 1 is 0.545 bits per heavy atom. The Hall–Kier alpha value is -4.54. The first-order valence-electron chi connectivity index (χ1n) is 10.9. The molecule has 0 saturated carbocycles. The molecule has 0 amide bonds. The van der Waals surface area contributed by atoms with Crippen molar-refractivity contribution in [3.63, 3.8) is 0 Å². The highest BCUT2D eigenvalue weighted by atomic mass is 16.5. The van der Waals surface area contributed by atoms with Crippen molar-refractivity contribution in [3.8, 4) is 12.3 Å². The van der Waals surface area contributed by atoms with Crippen LogP contribution < -0.4 is 0 Å². The number of ether oxygens (including phenoxy) is 1. The summed E-state index contributed by atoms with van der Waals surface area (Å²) in [5.74, 6) is 4.35. The van der Waals surface area contributed by atoms with Crippen molar-refractivity contribution < 1.29 is 4.74 Å². The van der Waals surface area contributed by atoms with E-state index in [0.29, 0.717) is 0 Å². The lowest BCUT2D eigenvalue weighted by Crippen LogP contribution is -2.02. The van der Waals surface area contributed by atoms with E-state index in [1.165, 1.54) is 0 Å². The first-order chi connectivity index (χ1) is 16.3. The Kier molecular flexibility index (Phi) is 5.74. The van der Waals surface area contributed by atoms with Gasteiger partial charge in [-0.25, -0.2) is 0 Å². The van der Waals surface area contributed by atoms with Gasteiger partial charge in [-0.15, -0.1) is 6.42 Å². The zero-order valence-electron chi connectivity index (χ0n) is 18.1. The first-order valence-corrected chi connectivity index (χ1v) is 10.9. The summed E-state index contributed by atoms with van der Waals surface area (Å²) < 4.78 is 6.41. The summed E-state index contributed by atoms with van der Waals surface area (Å²) in [7, 11) is 0. The minimum atomic E-state index is 0.820. The van der Waals surface area contributed by atoms with E-state index in [2.05, 4.69) is 78.7 Å². The predicted molar refractivity (Wildman–Crippen MR) is 137 cm³/mol. The van der Waals surface area contributed by atoms with Crippen LogP contribution in [0.4, 0.5) is 0 Å². The van der Waals surface area contributed by atoms with Crippen molar-refractivity contribution in [3.05, 3.63) is 161 Å². The standard InChI is InChI=1S/C32H22O/c1-2-24-18-20-28(21-19-24)32(27-16-10-5-11-17-27)29-22-30(25-12-6-3-7-13-25)33-31(23-29)26-14-8-4-9-15-26/h1,3-23H. The van der Waals surface area contributed by atoms with E-state index < -0.39 is 0 Å². The molecule has 4 aromatic rings. The Morgan fingerprint density at radius 2 is 1.00 bits per heavy atom. The fourth-order valence-electron chi connectivity index (χ4n) is 3.97. The zero-order chi connectivity index (χ0) is 22.5. The van der Waals surface area contributed by atoms with Crippen LogP contribution in [0.15, 0.2) is 133 Å². The lowest BCUT2D eigenvalue weighted by molar-refractivity contribution is 0.467. The molecule has 0 unspecified atom stereocenters. The second-order valence-electron chi connectivity index (χ2n) is 7.77. The highest BCUT2D eigenvalue weighted by Crippen LogP contribution is 2.37. The first kappa shape index (κ1) is 20.4. The van der Waals surface area contributed by atoms with Crippen LogP contribution in [-0.2, 0) is 4.74 Å². The van der Waals surface area contributed by atoms with E-state index in [1.54, 1.807) is 0 Å². The molecule has 1 heterocycles. The average Bonchev–Trinajstić information content (AvgIpc) is 2.91. The number of allylic oxidation sites excluding steroid dienone is 3. The monoisotopic (exact) mass is 422 g/mol. The SMILES string of the molecule is C#Cc1ccc(C(=C2C=C(c3ccccc3)OC(c3ccccc3)=C2)c2ccccc2)cc1. The smallest absolute Gasteiger partial charge is 0.135 e. The van der Waals surface area contributed by atoms with E-state index >= 15 is 0 Å². The second kappa shape index (κ2) is 9.30. The maximum Gasteiger partial charge on any atom is 0.135 e. The molecule has 0 radical (unpaired) electrons. The average molecular weight is 423 g/mol. The molecule has 0 aliphatic carbocycles. The van der Waals surface area contributed by atoms with Crippen LogP contribution in [0.2, 0.25) is 0 Å². The molecule has 0 spiro atoms. The Bertz CT molecular complexity index is 1330. The molecule has 4 aromatic carbocycles. The summed E-state index contributed by atoms with van der Waals surface area (Å²) in [4.78, 5) is 0. The molecule has 0 N–H and O–H groups in total. The van der Waals surface area contributed by atoms with Crippen LogP contribution in [0.25, 0.3) is 17.1 Å². The molecule has 0 saturated heterocycles. The quantitative estimate of drug-likeness (QED) is 0.308. The van der Waals surface area contributed by atoms with Gasteiger partial charge in [0.1, 0.15) is 11.5 Å². The molecule has 0 fully saturated rings. The predicted octanol–water partition coefficient (Wildman–Crippen LogP) is 7.58. The Labute approximate surface area is 195 Å². The maximum absolute atomic E-state index is 6.41. The van der Waals surface area contributed by atoms with E-state index in [4.69, 9.17) is 11.2 Å². The summed E-state index contributed by atoms with van der Waals surface area (Å²) in [6.07, 6.45) is 9.85. The molecular formula is C32H22O. The number of hydrogen-bond acceptors (Lipinski definition) is 1. The van der Waals surface area contributed by atoms with Crippen molar-refractivity contribution in [2.75, 3.05) is 0 Å². The van der Waals surface area contributed by atoms with Crippen molar-refractivity contribution in [1.82, 2.24) is 0 Å². The number of terminal acetylenes is 1. The van der Waals surface area contributed by atoms with Crippen molar-refractivity contribution in [1.29, 1.82) is 0 Å². The third-order valence-corrected chi connectivity index (χ3v) is 5.60. The van der Waals surface area contributed by atoms with Crippen LogP contribution in [0.5, 0.6) is 0 Å². The lowest BCUT2D eigenvalue weighted by atomic mass is 9.90. The summed E-state index contributed by atoms with van der Waals surface area (Å²) in [5, 5.41) is 0. The number of hydrogen-bond donors (Lipinski definition) is 0. The molecule has 1 heteroatoms. The molecule has 5 rings (SSSR count). The van der Waals surface area contributed by atoms with Crippen LogP contribution >= 0.6 is 0 Å². The summed E-state index contributed by atoms with van der Waals surface area (Å²) in [5.41, 5.74) is 7.38. The van der Waals surface area contributed by atoms with Gasteiger partial charge >= 0.3 is 0 Å². The van der Waals surface area contributed by atoms with Gasteiger partial charge in [-0.1, -0.05) is 109 Å². The van der Waals surface area contributed by atoms with E-state index in [0.717, 1.165) is 50.5 Å². The van der Waals surface area contributed by atoms with Gasteiger partial charge < -0.3 is 4.74 Å². The highest BCUT2D eigenvalue weighted by molar-refractivity contribution is 5.90. The topological polar surface area (TPSA) is 9.23 Å². The van der Waals surface area contributed by atoms with Crippen LogP contribution in [-0.4, -0.2) is 0 Å². The van der Waals surface area contributed by atoms with Gasteiger partial charge in [-0.05, 0) is 46.6 Å². The molecule has 1 aliphatic heterocycles. The van der Waals surface area contributed by atoms with E-state index in [-0.39, 0.29) is 0 Å². The zero-order valence-corrected chi connectivity index (χ0v) is 18.1. The number of benzene rings is 4. The minimum absolute atomic E-state index is 0.820. The number of rotatable bonds is 4. The van der Waals surface area contributed by atoms with Gasteiger partial charge in [-0.2, -0.15) is 0 Å². The Morgan fingerprint density at radius 3 is 1.48 bits per heavy atom. The van der Waals surface area contributed by atoms with Crippen LogP contribution in [0, 0.1) is 12.3 Å². The third-order valence-electron chi connectivity index (χ3n) is 5.60. The van der Waals surface area contributed by atoms with E-state index in [9.17, 15) is 0 Å². The normalized spacial score (nSPS) is 12.8. The van der Waals surface area contributed by atoms with Crippen molar-refractivity contribution in [2.24, 2.45) is 0 Å². The maximum atomic E-state index is 6.41. The molecule has 1 aliphatic rings. The van der Waals surface area contributed by atoms with Gasteiger partial charge in [0.15, 0.2) is 0 Å². The molecule has 1 nitrogen and oxygen atoms in total. The van der Waals surface area contributed by atoms with Gasteiger partial charge in [0.25, 0.3) is 0 Å². The van der Waals surface area contributed by atoms with Crippen LogP contribution in [0.1, 0.15) is 27.8 Å². The molecule has 0 bridgehead atoms. The Balaban J connectivity index is 1.76. The molecule has 0 atom stereocenters. The van der Waals surface area contributed by atoms with E-state index in [1.807, 2.05) is 54.6 Å². The highest BCUT2D eigenvalue weighted by Gasteiger charge is 2.19. The van der Waals surface area contributed by atoms with Gasteiger partial charge in [0.05, 0.1) is 0 Å². The molecule has 156 valence electrons. The lowest BCUT2D eigenvalue weighted by Gasteiger charge is -2.21. The fraction of sp³-hybridized carbons (Fsp3) is 0.